The lowest BCUT2D eigenvalue weighted by molar-refractivity contribution is 0.590. The minimum absolute atomic E-state index is 0.0572. The zero-order valence-electron chi connectivity index (χ0n) is 24.0. The summed E-state index contributed by atoms with van der Waals surface area (Å²) in [4.78, 5) is 11.5. The molecule has 2 aromatic heterocycles. The number of pyridine rings is 2. The third kappa shape index (κ3) is 6.28. The maximum absolute atomic E-state index is 13.5. The third-order valence-corrected chi connectivity index (χ3v) is 11.0. The van der Waals surface area contributed by atoms with E-state index in [9.17, 15) is 21.2 Å². The fraction of sp³-hybridized carbons (Fsp3) is 0.118. The van der Waals surface area contributed by atoms with Gasteiger partial charge in [-0.05, 0) is 48.5 Å². The number of sulfone groups is 2. The van der Waals surface area contributed by atoms with Crippen molar-refractivity contribution in [1.82, 2.24) is 15.3 Å². The number of hydrogen-bond acceptors (Lipinski definition) is 8. The van der Waals surface area contributed by atoms with Gasteiger partial charge in [-0.25, -0.2) is 21.2 Å². The summed E-state index contributed by atoms with van der Waals surface area (Å²) in [7, 11) is -7.18. The highest BCUT2D eigenvalue weighted by Gasteiger charge is 2.21. The van der Waals surface area contributed by atoms with Crippen LogP contribution >= 0.6 is 0 Å². The first-order chi connectivity index (χ1) is 21.7. The van der Waals surface area contributed by atoms with Crippen molar-refractivity contribution < 1.29 is 21.2 Å². The van der Waals surface area contributed by atoms with Crippen LogP contribution in [-0.2, 0) is 19.7 Å². The summed E-state index contributed by atoms with van der Waals surface area (Å²) < 4.78 is 64.0. The molecule has 0 unspecified atom stereocenters. The van der Waals surface area contributed by atoms with Crippen LogP contribution in [0.5, 0.6) is 0 Å². The van der Waals surface area contributed by atoms with Gasteiger partial charge in [-0.1, -0.05) is 60.7 Å². The summed E-state index contributed by atoms with van der Waals surface area (Å²) >= 11 is 0. The quantitative estimate of drug-likeness (QED) is 0.256. The standard InChI is InChI=1S/C19H19N3O2S.C15H10FNO2S/c23-25(24,16-6-2-1-3-7-16)17-13-15-5-4-8-18(19(15)21-14-17)22-11-9-20-10-12-22;16-14-8-4-5-11-9-13(10-17-15(11)14)20(18,19)12-6-2-1-3-7-12/h1-8,13-14,20H,9-12H2;1-10H. The fourth-order valence-electron chi connectivity index (χ4n) is 5.15. The minimum atomic E-state index is -3.63. The van der Waals surface area contributed by atoms with E-state index >= 15 is 0 Å². The molecule has 0 bridgehead atoms. The number of hydrogen-bond donors (Lipinski definition) is 1. The Morgan fingerprint density at radius 2 is 1.07 bits per heavy atom. The van der Waals surface area contributed by atoms with Crippen LogP contribution in [0.25, 0.3) is 21.8 Å². The van der Waals surface area contributed by atoms with Crippen LogP contribution in [0.4, 0.5) is 10.1 Å². The van der Waals surface area contributed by atoms with E-state index in [-0.39, 0.29) is 25.1 Å². The summed E-state index contributed by atoms with van der Waals surface area (Å²) in [5, 5.41) is 4.64. The Labute approximate surface area is 261 Å². The second kappa shape index (κ2) is 12.7. The number of piperazine rings is 1. The van der Waals surface area contributed by atoms with Crippen molar-refractivity contribution in [2.45, 2.75) is 19.6 Å². The lowest BCUT2D eigenvalue weighted by atomic mass is 10.1. The molecular weight excluding hydrogens is 612 g/mol. The summed E-state index contributed by atoms with van der Waals surface area (Å²) in [6.07, 6.45) is 2.66. The molecule has 4 aromatic carbocycles. The first-order valence-electron chi connectivity index (χ1n) is 14.2. The summed E-state index contributed by atoms with van der Waals surface area (Å²) in [5.74, 6) is -0.467. The molecule has 1 aliphatic rings. The van der Waals surface area contributed by atoms with Crippen molar-refractivity contribution in [3.8, 4) is 0 Å². The molecule has 1 N–H and O–H groups in total. The van der Waals surface area contributed by atoms with E-state index in [1.807, 2.05) is 18.2 Å². The van der Waals surface area contributed by atoms with E-state index in [1.165, 1.54) is 42.7 Å². The number of nitrogens with zero attached hydrogens (tertiary/aromatic N) is 3. The van der Waals surface area contributed by atoms with Crippen LogP contribution in [0.1, 0.15) is 0 Å². The number of rotatable bonds is 5. The van der Waals surface area contributed by atoms with Gasteiger partial charge in [-0.3, -0.25) is 9.97 Å². The first kappa shape index (κ1) is 30.3. The highest BCUT2D eigenvalue weighted by atomic mass is 32.2. The van der Waals surface area contributed by atoms with Gasteiger partial charge in [0.05, 0.1) is 30.8 Å². The molecule has 0 aliphatic carbocycles. The molecule has 1 saturated heterocycles. The van der Waals surface area contributed by atoms with Gasteiger partial charge >= 0.3 is 0 Å². The summed E-state index contributed by atoms with van der Waals surface area (Å²) in [6, 6.07) is 30.1. The van der Waals surface area contributed by atoms with Gasteiger partial charge in [0.25, 0.3) is 0 Å². The Hall–Kier alpha value is -4.71. The average Bonchev–Trinajstić information content (AvgIpc) is 3.09. The van der Waals surface area contributed by atoms with E-state index < -0.39 is 25.5 Å². The molecule has 0 saturated carbocycles. The molecule has 0 atom stereocenters. The maximum atomic E-state index is 13.5. The predicted octanol–water partition coefficient (Wildman–Crippen LogP) is 5.68. The second-order valence-corrected chi connectivity index (χ2v) is 14.3. The Bertz CT molecular complexity index is 2190. The van der Waals surface area contributed by atoms with Gasteiger partial charge in [0.15, 0.2) is 0 Å². The predicted molar refractivity (Wildman–Crippen MR) is 172 cm³/mol. The monoisotopic (exact) mass is 640 g/mol. The zero-order valence-corrected chi connectivity index (χ0v) is 25.7. The molecule has 45 heavy (non-hydrogen) atoms. The smallest absolute Gasteiger partial charge is 0.208 e. The lowest BCUT2D eigenvalue weighted by Gasteiger charge is -2.30. The van der Waals surface area contributed by atoms with E-state index in [4.69, 9.17) is 0 Å². The highest BCUT2D eigenvalue weighted by Crippen LogP contribution is 2.29. The van der Waals surface area contributed by atoms with Crippen molar-refractivity contribution in [1.29, 1.82) is 0 Å². The topological polar surface area (TPSA) is 109 Å². The molecule has 11 heteroatoms. The normalized spacial score (nSPS) is 13.8. The summed E-state index contributed by atoms with van der Waals surface area (Å²) in [5.41, 5.74) is 2.07. The molecule has 0 radical (unpaired) electrons. The van der Waals surface area contributed by atoms with Crippen LogP contribution < -0.4 is 10.2 Å². The summed E-state index contributed by atoms with van der Waals surface area (Å²) in [6.45, 7) is 3.73. The maximum Gasteiger partial charge on any atom is 0.208 e. The largest absolute Gasteiger partial charge is 0.367 e. The Balaban J connectivity index is 0.000000163. The Morgan fingerprint density at radius 1 is 0.578 bits per heavy atom. The SMILES string of the molecule is O=S(=O)(c1ccccc1)c1cnc2c(F)cccc2c1.O=S(=O)(c1ccccc1)c1cnc2c(N3CCNCC3)cccc2c1. The van der Waals surface area contributed by atoms with Crippen molar-refractivity contribution in [2.24, 2.45) is 0 Å². The first-order valence-corrected chi connectivity index (χ1v) is 17.2. The second-order valence-electron chi connectivity index (χ2n) is 10.4. The van der Waals surface area contributed by atoms with Crippen molar-refractivity contribution in [3.63, 3.8) is 0 Å². The lowest BCUT2D eigenvalue weighted by Crippen LogP contribution is -2.43. The molecule has 1 aliphatic heterocycles. The van der Waals surface area contributed by atoms with Gasteiger partial charge in [-0.2, -0.15) is 0 Å². The number of anilines is 1. The Morgan fingerprint density at radius 3 is 1.62 bits per heavy atom. The minimum Gasteiger partial charge on any atom is -0.367 e. The molecule has 0 amide bonds. The molecule has 6 aromatic rings. The number of halogens is 1. The molecule has 7 rings (SSSR count). The van der Waals surface area contributed by atoms with E-state index in [0.29, 0.717) is 5.39 Å². The van der Waals surface area contributed by atoms with Gasteiger partial charge in [-0.15, -0.1) is 0 Å². The number of para-hydroxylation sites is 2. The highest BCUT2D eigenvalue weighted by molar-refractivity contribution is 7.91. The molecule has 1 fully saturated rings. The number of nitrogens with one attached hydrogen (secondary N) is 1. The number of benzene rings is 4. The van der Waals surface area contributed by atoms with E-state index in [0.717, 1.165) is 42.8 Å². The van der Waals surface area contributed by atoms with E-state index in [2.05, 4.69) is 20.2 Å². The van der Waals surface area contributed by atoms with Crippen molar-refractivity contribution in [3.05, 3.63) is 127 Å². The van der Waals surface area contributed by atoms with Gasteiger partial charge in [0, 0.05) is 49.3 Å². The van der Waals surface area contributed by atoms with Crippen LogP contribution in [0.15, 0.2) is 141 Å². The molecule has 0 spiro atoms. The number of aromatic nitrogens is 2. The van der Waals surface area contributed by atoms with Gasteiger partial charge in [0.1, 0.15) is 11.3 Å². The van der Waals surface area contributed by atoms with E-state index in [1.54, 1.807) is 60.7 Å². The van der Waals surface area contributed by atoms with Crippen molar-refractivity contribution >= 4 is 47.2 Å². The zero-order chi connectivity index (χ0) is 31.4. The fourth-order valence-corrected chi connectivity index (χ4v) is 7.68. The third-order valence-electron chi connectivity index (χ3n) is 7.49. The van der Waals surface area contributed by atoms with Gasteiger partial charge in [0.2, 0.25) is 19.7 Å². The van der Waals surface area contributed by atoms with Crippen LogP contribution in [0.2, 0.25) is 0 Å². The molecule has 3 heterocycles. The molecular formula is C34H29FN4O4S2. The van der Waals surface area contributed by atoms with Crippen LogP contribution in [0.3, 0.4) is 0 Å². The number of fused-ring (bicyclic) bond motifs is 2. The van der Waals surface area contributed by atoms with Crippen LogP contribution in [-0.4, -0.2) is 53.0 Å². The molecule has 8 nitrogen and oxygen atoms in total. The molecule has 228 valence electrons. The average molecular weight is 641 g/mol. The van der Waals surface area contributed by atoms with Crippen LogP contribution in [0, 0.1) is 5.82 Å². The van der Waals surface area contributed by atoms with Gasteiger partial charge < -0.3 is 10.2 Å². The van der Waals surface area contributed by atoms with Crippen molar-refractivity contribution in [2.75, 3.05) is 31.1 Å². The Kier molecular flexibility index (Phi) is 8.57.